The van der Waals surface area contributed by atoms with E-state index in [2.05, 4.69) is 23.2 Å². The zero-order valence-electron chi connectivity index (χ0n) is 16.8. The summed E-state index contributed by atoms with van der Waals surface area (Å²) in [4.78, 5) is 15.9. The zero-order valence-corrected chi connectivity index (χ0v) is 18.4. The molecule has 28 heavy (non-hydrogen) atoms. The molecule has 1 aliphatic rings. The molecular formula is C19H27N4O3S2+. The lowest BCUT2D eigenvalue weighted by Gasteiger charge is -2.32. The Balaban J connectivity index is 1.50. The number of ether oxygens (including phenoxy) is 2. The fraction of sp³-hybridized carbons (Fsp3) is 0.526. The van der Waals surface area contributed by atoms with E-state index < -0.39 is 0 Å². The van der Waals surface area contributed by atoms with Crippen molar-refractivity contribution >= 4 is 29.0 Å². The molecule has 1 fully saturated rings. The Morgan fingerprint density at radius 2 is 1.86 bits per heavy atom. The third kappa shape index (κ3) is 5.15. The Morgan fingerprint density at radius 3 is 2.46 bits per heavy atom. The third-order valence-corrected chi connectivity index (χ3v) is 6.89. The molecular weight excluding hydrogens is 396 g/mol. The molecule has 2 aromatic rings. The van der Waals surface area contributed by atoms with Crippen molar-refractivity contribution in [3.8, 4) is 11.5 Å². The lowest BCUT2D eigenvalue weighted by Crippen LogP contribution is -3.13. The molecule has 3 rings (SSSR count). The van der Waals surface area contributed by atoms with Crippen molar-refractivity contribution < 1.29 is 19.2 Å². The molecule has 0 aliphatic carbocycles. The van der Waals surface area contributed by atoms with Crippen LogP contribution in [-0.4, -0.2) is 67.2 Å². The number of amides is 1. The van der Waals surface area contributed by atoms with Gasteiger partial charge in [0.2, 0.25) is 5.91 Å². The van der Waals surface area contributed by atoms with E-state index in [4.69, 9.17) is 9.47 Å². The van der Waals surface area contributed by atoms with Gasteiger partial charge in [-0.25, -0.2) is 0 Å². The number of rotatable bonds is 7. The number of hydrogen-bond acceptors (Lipinski definition) is 7. The molecule has 1 N–H and O–H groups in total. The van der Waals surface area contributed by atoms with E-state index in [1.165, 1.54) is 39.1 Å². The van der Waals surface area contributed by atoms with Gasteiger partial charge >= 0.3 is 0 Å². The van der Waals surface area contributed by atoms with Gasteiger partial charge in [-0.2, -0.15) is 0 Å². The monoisotopic (exact) mass is 423 g/mol. The van der Waals surface area contributed by atoms with Gasteiger partial charge < -0.3 is 19.3 Å². The Hall–Kier alpha value is -1.84. The Kier molecular flexibility index (Phi) is 7.14. The third-order valence-electron chi connectivity index (χ3n) is 4.93. The number of methoxy groups -OCH3 is 2. The number of nitrogens with one attached hydrogen (secondary N) is 1. The average Bonchev–Trinajstić information content (AvgIpc) is 3.13. The molecule has 0 atom stereocenters. The van der Waals surface area contributed by atoms with Gasteiger partial charge in [0.05, 0.1) is 46.2 Å². The maximum absolute atomic E-state index is 12.5. The first kappa shape index (κ1) is 20.9. The lowest BCUT2D eigenvalue weighted by molar-refractivity contribution is -0.917. The number of quaternary nitrogens is 1. The number of aryl methyl sites for hydroxylation is 2. The number of benzene rings is 1. The SMILES string of the molecule is COc1cc(C)c(C[NH+]2CCN(C(=O)CSc3nnc(C)s3)CC2)cc1OC. The molecule has 9 heteroatoms. The number of piperazine rings is 1. The molecule has 1 aromatic heterocycles. The summed E-state index contributed by atoms with van der Waals surface area (Å²) in [6.07, 6.45) is 0. The molecule has 1 aliphatic heterocycles. The summed E-state index contributed by atoms with van der Waals surface area (Å²) >= 11 is 3.01. The normalized spacial score (nSPS) is 14.9. The second kappa shape index (κ2) is 9.58. The molecule has 0 saturated carbocycles. The predicted octanol–water partition coefficient (Wildman–Crippen LogP) is 1.19. The van der Waals surface area contributed by atoms with Crippen molar-refractivity contribution in [1.29, 1.82) is 0 Å². The maximum atomic E-state index is 12.5. The van der Waals surface area contributed by atoms with Gasteiger partial charge in [0, 0.05) is 5.56 Å². The fourth-order valence-corrected chi connectivity index (χ4v) is 5.00. The number of aromatic nitrogens is 2. The van der Waals surface area contributed by atoms with Crippen LogP contribution in [0.5, 0.6) is 11.5 Å². The topological polar surface area (TPSA) is 69.0 Å². The highest BCUT2D eigenvalue weighted by atomic mass is 32.2. The number of thioether (sulfide) groups is 1. The average molecular weight is 424 g/mol. The summed E-state index contributed by atoms with van der Waals surface area (Å²) in [5, 5.41) is 8.98. The lowest BCUT2D eigenvalue weighted by atomic mass is 10.1. The van der Waals surface area contributed by atoms with Crippen LogP contribution >= 0.6 is 23.1 Å². The van der Waals surface area contributed by atoms with Gasteiger partial charge in [-0.1, -0.05) is 23.1 Å². The van der Waals surface area contributed by atoms with Gasteiger partial charge in [-0.05, 0) is 31.5 Å². The van der Waals surface area contributed by atoms with Gasteiger partial charge in [-0.3, -0.25) is 4.79 Å². The second-order valence-electron chi connectivity index (χ2n) is 6.82. The predicted molar refractivity (Wildman–Crippen MR) is 111 cm³/mol. The quantitative estimate of drug-likeness (QED) is 0.675. The van der Waals surface area contributed by atoms with Crippen molar-refractivity contribution in [2.24, 2.45) is 0 Å². The zero-order chi connectivity index (χ0) is 20.1. The van der Waals surface area contributed by atoms with Crippen LogP contribution in [0.2, 0.25) is 0 Å². The summed E-state index contributed by atoms with van der Waals surface area (Å²) in [5.74, 6) is 2.13. The summed E-state index contributed by atoms with van der Waals surface area (Å²) in [7, 11) is 3.32. The molecule has 152 valence electrons. The van der Waals surface area contributed by atoms with E-state index >= 15 is 0 Å². The van der Waals surface area contributed by atoms with Crippen molar-refractivity contribution in [3.63, 3.8) is 0 Å². The summed E-state index contributed by atoms with van der Waals surface area (Å²) in [6, 6.07) is 4.10. The standard InChI is InChI=1S/C19H26N4O3S2/c1-13-9-16(25-3)17(26-4)10-15(13)11-22-5-7-23(8-6-22)18(24)12-27-19-21-20-14(2)28-19/h9-10H,5-8,11-12H2,1-4H3/p+1. The van der Waals surface area contributed by atoms with E-state index in [1.807, 2.05) is 17.9 Å². The minimum Gasteiger partial charge on any atom is -0.493 e. The molecule has 0 bridgehead atoms. The van der Waals surface area contributed by atoms with Gasteiger partial charge in [0.1, 0.15) is 11.6 Å². The highest BCUT2D eigenvalue weighted by Crippen LogP contribution is 2.30. The Bertz CT molecular complexity index is 820. The fourth-order valence-electron chi connectivity index (χ4n) is 3.28. The minimum atomic E-state index is 0.180. The van der Waals surface area contributed by atoms with Crippen molar-refractivity contribution in [3.05, 3.63) is 28.3 Å². The molecule has 1 saturated heterocycles. The summed E-state index contributed by atoms with van der Waals surface area (Å²) in [5.41, 5.74) is 2.46. The number of carbonyl (C=O) groups excluding carboxylic acids is 1. The van der Waals surface area contributed by atoms with Crippen LogP contribution < -0.4 is 14.4 Å². The smallest absolute Gasteiger partial charge is 0.233 e. The van der Waals surface area contributed by atoms with Crippen molar-refractivity contribution in [2.75, 3.05) is 46.2 Å². The molecule has 0 unspecified atom stereocenters. The van der Waals surface area contributed by atoms with Crippen molar-refractivity contribution in [2.45, 2.75) is 24.7 Å². The first-order chi connectivity index (χ1) is 13.5. The minimum absolute atomic E-state index is 0.180. The largest absolute Gasteiger partial charge is 0.493 e. The molecule has 0 spiro atoms. The van der Waals surface area contributed by atoms with Crippen LogP contribution in [0.1, 0.15) is 16.1 Å². The van der Waals surface area contributed by atoms with E-state index in [1.54, 1.807) is 14.2 Å². The second-order valence-corrected chi connectivity index (χ2v) is 9.22. The molecule has 1 amide bonds. The molecule has 2 heterocycles. The van der Waals surface area contributed by atoms with Crippen LogP contribution in [0.15, 0.2) is 16.5 Å². The summed E-state index contributed by atoms with van der Waals surface area (Å²) in [6.45, 7) is 8.41. The number of nitrogens with zero attached hydrogens (tertiary/aromatic N) is 3. The van der Waals surface area contributed by atoms with Gasteiger partial charge in [-0.15, -0.1) is 10.2 Å². The van der Waals surface area contributed by atoms with Crippen LogP contribution in [0.25, 0.3) is 0 Å². The van der Waals surface area contributed by atoms with E-state index in [9.17, 15) is 4.79 Å². The molecule has 0 radical (unpaired) electrons. The highest BCUT2D eigenvalue weighted by molar-refractivity contribution is 8.01. The molecule has 7 nitrogen and oxygen atoms in total. The van der Waals surface area contributed by atoms with Crippen LogP contribution in [-0.2, 0) is 11.3 Å². The molecule has 1 aromatic carbocycles. The summed E-state index contributed by atoms with van der Waals surface area (Å²) < 4.78 is 11.7. The van der Waals surface area contributed by atoms with Crippen LogP contribution in [0, 0.1) is 13.8 Å². The van der Waals surface area contributed by atoms with Crippen LogP contribution in [0.4, 0.5) is 0 Å². The number of carbonyl (C=O) groups is 1. The van der Waals surface area contributed by atoms with E-state index in [0.717, 1.165) is 53.6 Å². The van der Waals surface area contributed by atoms with Crippen molar-refractivity contribution in [1.82, 2.24) is 15.1 Å². The Labute approximate surface area is 174 Å². The maximum Gasteiger partial charge on any atom is 0.233 e. The number of hydrogen-bond donors (Lipinski definition) is 1. The van der Waals surface area contributed by atoms with E-state index in [0.29, 0.717) is 5.75 Å². The van der Waals surface area contributed by atoms with Gasteiger partial charge in [0.25, 0.3) is 0 Å². The first-order valence-electron chi connectivity index (χ1n) is 9.26. The Morgan fingerprint density at radius 1 is 1.18 bits per heavy atom. The van der Waals surface area contributed by atoms with Gasteiger partial charge in [0.15, 0.2) is 15.8 Å². The highest BCUT2D eigenvalue weighted by Gasteiger charge is 2.25. The van der Waals surface area contributed by atoms with Crippen LogP contribution in [0.3, 0.4) is 0 Å². The van der Waals surface area contributed by atoms with E-state index in [-0.39, 0.29) is 5.91 Å². The first-order valence-corrected chi connectivity index (χ1v) is 11.1.